The van der Waals surface area contributed by atoms with Crippen LogP contribution in [0.4, 0.5) is 17.1 Å². The molecule has 164 valence electrons. The molecule has 7 nitrogen and oxygen atoms in total. The predicted octanol–water partition coefficient (Wildman–Crippen LogP) is 3.73. The summed E-state index contributed by atoms with van der Waals surface area (Å²) >= 11 is 0. The number of amides is 2. The molecule has 0 spiro atoms. The highest BCUT2D eigenvalue weighted by atomic mass is 16.2. The summed E-state index contributed by atoms with van der Waals surface area (Å²) in [7, 11) is 4.24. The molecule has 1 fully saturated rings. The first-order valence-electron chi connectivity index (χ1n) is 10.6. The first-order chi connectivity index (χ1) is 15.5. The zero-order chi connectivity index (χ0) is 22.5. The highest BCUT2D eigenvalue weighted by Gasteiger charge is 2.24. The lowest BCUT2D eigenvalue weighted by Crippen LogP contribution is -2.31. The van der Waals surface area contributed by atoms with E-state index in [4.69, 9.17) is 0 Å². The first kappa shape index (κ1) is 21.5. The molecule has 32 heavy (non-hydrogen) atoms. The molecule has 3 aromatic rings. The molecule has 1 saturated heterocycles. The number of nitrogens with zero attached hydrogens (tertiary/aromatic N) is 3. The maximum Gasteiger partial charge on any atom is 0.274 e. The third-order valence-electron chi connectivity index (χ3n) is 5.69. The van der Waals surface area contributed by atoms with Crippen molar-refractivity contribution in [1.82, 2.24) is 9.88 Å². The zero-order valence-electron chi connectivity index (χ0n) is 18.3. The number of hydrogen-bond acceptors (Lipinski definition) is 5. The number of carbonyl (C=O) groups is 2. The van der Waals surface area contributed by atoms with Crippen LogP contribution >= 0.6 is 0 Å². The Kier molecular flexibility index (Phi) is 6.47. The first-order valence-corrected chi connectivity index (χ1v) is 10.6. The van der Waals surface area contributed by atoms with E-state index in [0.29, 0.717) is 23.0 Å². The summed E-state index contributed by atoms with van der Waals surface area (Å²) in [6.07, 6.45) is 2.73. The van der Waals surface area contributed by atoms with Crippen molar-refractivity contribution in [1.29, 1.82) is 0 Å². The monoisotopic (exact) mass is 429 g/mol. The second-order valence-corrected chi connectivity index (χ2v) is 8.10. The molecule has 2 heterocycles. The second kappa shape index (κ2) is 9.62. The maximum atomic E-state index is 12.6. The molecule has 7 heteroatoms. The van der Waals surface area contributed by atoms with E-state index in [1.54, 1.807) is 48.7 Å². The van der Waals surface area contributed by atoms with Gasteiger partial charge < -0.3 is 20.4 Å². The van der Waals surface area contributed by atoms with Crippen LogP contribution in [0.15, 0.2) is 72.9 Å². The Morgan fingerprint density at radius 1 is 0.906 bits per heavy atom. The fraction of sp³-hybridized carbons (Fsp3) is 0.240. The van der Waals surface area contributed by atoms with E-state index in [2.05, 4.69) is 39.5 Å². The molecule has 1 aliphatic heterocycles. The van der Waals surface area contributed by atoms with Gasteiger partial charge in [-0.25, -0.2) is 0 Å². The Balaban J connectivity index is 1.33. The average molecular weight is 430 g/mol. The average Bonchev–Trinajstić information content (AvgIpc) is 3.31. The Morgan fingerprint density at radius 3 is 2.16 bits per heavy atom. The van der Waals surface area contributed by atoms with Crippen molar-refractivity contribution in [2.75, 3.05) is 42.7 Å². The summed E-state index contributed by atoms with van der Waals surface area (Å²) in [5, 5.41) is 5.70. The van der Waals surface area contributed by atoms with Gasteiger partial charge in [0.25, 0.3) is 11.8 Å². The van der Waals surface area contributed by atoms with Crippen molar-refractivity contribution < 1.29 is 9.59 Å². The molecule has 1 atom stereocenters. The Hall–Kier alpha value is -3.71. The third-order valence-corrected chi connectivity index (χ3v) is 5.69. The van der Waals surface area contributed by atoms with Gasteiger partial charge in [-0.3, -0.25) is 14.6 Å². The minimum Gasteiger partial charge on any atom is -0.370 e. The second-order valence-electron chi connectivity index (χ2n) is 8.10. The fourth-order valence-electron chi connectivity index (χ4n) is 3.75. The quantitative estimate of drug-likeness (QED) is 0.624. The highest BCUT2D eigenvalue weighted by molar-refractivity contribution is 6.05. The zero-order valence-corrected chi connectivity index (χ0v) is 18.3. The molecule has 0 radical (unpaired) electrons. The van der Waals surface area contributed by atoms with Crippen molar-refractivity contribution in [2.24, 2.45) is 0 Å². The smallest absolute Gasteiger partial charge is 0.274 e. The number of likely N-dealkylation sites (N-methyl/N-ethyl adjacent to an activating group) is 1. The van der Waals surface area contributed by atoms with Crippen molar-refractivity contribution in [3.8, 4) is 0 Å². The van der Waals surface area contributed by atoms with Gasteiger partial charge in [-0.15, -0.1) is 0 Å². The largest absolute Gasteiger partial charge is 0.370 e. The van der Waals surface area contributed by atoms with Crippen molar-refractivity contribution in [3.63, 3.8) is 0 Å². The Labute approximate surface area is 188 Å². The van der Waals surface area contributed by atoms with Crippen LogP contribution in [0.25, 0.3) is 0 Å². The number of hydrogen-bond donors (Lipinski definition) is 2. The molecule has 4 rings (SSSR count). The van der Waals surface area contributed by atoms with E-state index in [1.807, 2.05) is 24.3 Å². The summed E-state index contributed by atoms with van der Waals surface area (Å²) in [5.74, 6) is -0.494. The van der Waals surface area contributed by atoms with Crippen molar-refractivity contribution >= 4 is 28.9 Å². The molecule has 0 aliphatic carbocycles. The van der Waals surface area contributed by atoms with E-state index in [0.717, 1.165) is 25.2 Å². The van der Waals surface area contributed by atoms with Crippen LogP contribution in [0, 0.1) is 0 Å². The van der Waals surface area contributed by atoms with Crippen LogP contribution in [0.5, 0.6) is 0 Å². The van der Waals surface area contributed by atoms with Gasteiger partial charge in [-0.1, -0.05) is 6.07 Å². The van der Waals surface area contributed by atoms with Gasteiger partial charge in [0, 0.05) is 48.0 Å². The van der Waals surface area contributed by atoms with E-state index >= 15 is 0 Å². The van der Waals surface area contributed by atoms with Gasteiger partial charge in [0.05, 0.1) is 0 Å². The van der Waals surface area contributed by atoms with Crippen molar-refractivity contribution in [2.45, 2.75) is 12.5 Å². The van der Waals surface area contributed by atoms with Gasteiger partial charge in [0.1, 0.15) is 5.69 Å². The lowest BCUT2D eigenvalue weighted by molar-refractivity contribution is 0.101. The molecule has 2 N–H and O–H groups in total. The van der Waals surface area contributed by atoms with E-state index in [-0.39, 0.29) is 11.8 Å². The molecular weight excluding hydrogens is 402 g/mol. The number of pyridine rings is 1. The number of nitrogens with one attached hydrogen (secondary N) is 2. The highest BCUT2D eigenvalue weighted by Crippen LogP contribution is 2.24. The van der Waals surface area contributed by atoms with Crippen LogP contribution < -0.4 is 15.5 Å². The third kappa shape index (κ3) is 5.12. The topological polar surface area (TPSA) is 77.6 Å². The van der Waals surface area contributed by atoms with Crippen LogP contribution in [0.3, 0.4) is 0 Å². The number of benzene rings is 2. The molecule has 1 aromatic heterocycles. The number of rotatable bonds is 6. The molecule has 0 bridgehead atoms. The lowest BCUT2D eigenvalue weighted by atomic mass is 10.1. The van der Waals surface area contributed by atoms with Gasteiger partial charge in [-0.05, 0) is 81.2 Å². The van der Waals surface area contributed by atoms with Gasteiger partial charge in [-0.2, -0.15) is 0 Å². The minimum atomic E-state index is -0.294. The number of anilines is 3. The van der Waals surface area contributed by atoms with Gasteiger partial charge in [0.15, 0.2) is 0 Å². The SMILES string of the molecule is CN(C)C1CCN(c2ccc(NC(=O)c3ccc(NC(=O)c4ccccn4)cc3)cc2)C1. The van der Waals surface area contributed by atoms with Crippen LogP contribution in [0.1, 0.15) is 27.3 Å². The molecule has 1 unspecified atom stereocenters. The normalized spacial score (nSPS) is 15.6. The standard InChI is InChI=1S/C25H27N5O2/c1-29(2)22-14-16-30(17-22)21-12-10-20(11-13-21)27-24(31)18-6-8-19(9-7-18)28-25(32)23-5-3-4-15-26-23/h3-13,15,22H,14,16-17H2,1-2H3,(H,27,31)(H,28,32). The lowest BCUT2D eigenvalue weighted by Gasteiger charge is -2.22. The molecular formula is C25H27N5O2. The van der Waals surface area contributed by atoms with Crippen LogP contribution in [-0.2, 0) is 0 Å². The maximum absolute atomic E-state index is 12.6. The number of aromatic nitrogens is 1. The van der Waals surface area contributed by atoms with Gasteiger partial charge in [0.2, 0.25) is 0 Å². The summed E-state index contributed by atoms with van der Waals surface area (Å²) in [5.41, 5.74) is 3.36. The summed E-state index contributed by atoms with van der Waals surface area (Å²) in [6.45, 7) is 2.06. The van der Waals surface area contributed by atoms with Crippen molar-refractivity contribution in [3.05, 3.63) is 84.2 Å². The molecule has 1 aliphatic rings. The van der Waals surface area contributed by atoms with E-state index < -0.39 is 0 Å². The predicted molar refractivity (Wildman–Crippen MR) is 127 cm³/mol. The Bertz CT molecular complexity index is 1070. The summed E-state index contributed by atoms with van der Waals surface area (Å²) in [4.78, 5) is 33.5. The van der Waals surface area contributed by atoms with E-state index in [1.165, 1.54) is 5.69 Å². The van der Waals surface area contributed by atoms with Crippen LogP contribution in [-0.4, -0.2) is 54.9 Å². The molecule has 2 amide bonds. The Morgan fingerprint density at radius 2 is 1.56 bits per heavy atom. The minimum absolute atomic E-state index is 0.200. The molecule has 0 saturated carbocycles. The van der Waals surface area contributed by atoms with Crippen LogP contribution in [0.2, 0.25) is 0 Å². The summed E-state index contributed by atoms with van der Waals surface area (Å²) < 4.78 is 0. The molecule has 2 aromatic carbocycles. The number of carbonyl (C=O) groups excluding carboxylic acids is 2. The fourth-order valence-corrected chi connectivity index (χ4v) is 3.75. The van der Waals surface area contributed by atoms with E-state index in [9.17, 15) is 9.59 Å². The van der Waals surface area contributed by atoms with Gasteiger partial charge >= 0.3 is 0 Å². The summed E-state index contributed by atoms with van der Waals surface area (Å²) in [6, 6.07) is 20.5.